The number of thioether (sulfide) groups is 1. The Hall–Kier alpha value is -1.96. The normalized spacial score (nSPS) is 12.8. The van der Waals surface area contributed by atoms with Crippen molar-refractivity contribution in [2.24, 2.45) is 0 Å². The van der Waals surface area contributed by atoms with E-state index < -0.39 is 6.43 Å². The van der Waals surface area contributed by atoms with Gasteiger partial charge < -0.3 is 4.57 Å². The topological polar surface area (TPSA) is 30.7 Å². The van der Waals surface area contributed by atoms with E-state index in [1.165, 1.54) is 11.8 Å². The molecule has 3 nitrogen and oxygen atoms in total. The molecule has 0 atom stereocenters. The van der Waals surface area contributed by atoms with Gasteiger partial charge in [0.25, 0.3) is 6.43 Å². The van der Waals surface area contributed by atoms with Gasteiger partial charge >= 0.3 is 0 Å². The summed E-state index contributed by atoms with van der Waals surface area (Å²) in [4.78, 5) is 9.45. The fourth-order valence-electron chi connectivity index (χ4n) is 2.45. The summed E-state index contributed by atoms with van der Waals surface area (Å²) in [5.74, 6) is 1.32. The molecule has 3 aromatic rings. The van der Waals surface area contributed by atoms with Crippen LogP contribution in [0.3, 0.4) is 0 Å². The molecule has 0 bridgehead atoms. The first-order valence-corrected chi connectivity index (χ1v) is 10.6. The van der Waals surface area contributed by atoms with E-state index in [1.54, 1.807) is 11.8 Å². The summed E-state index contributed by atoms with van der Waals surface area (Å²) in [5.41, 5.74) is 1.97. The first kappa shape index (κ1) is 20.8. The van der Waals surface area contributed by atoms with Gasteiger partial charge in [0.2, 0.25) is 0 Å². The Balaban J connectivity index is 1.92. The van der Waals surface area contributed by atoms with Gasteiger partial charge in [0, 0.05) is 34.3 Å². The lowest BCUT2D eigenvalue weighted by atomic mass is 10.2. The average Bonchev–Trinajstić information content (AvgIpc) is 3.27. The lowest BCUT2D eigenvalue weighted by Gasteiger charge is -2.06. The second-order valence-corrected chi connectivity index (χ2v) is 8.73. The Morgan fingerprint density at radius 1 is 1.32 bits per heavy atom. The lowest BCUT2D eigenvalue weighted by Crippen LogP contribution is -1.91. The van der Waals surface area contributed by atoms with E-state index >= 15 is 0 Å². The zero-order valence-corrected chi connectivity index (χ0v) is 17.7. The number of halogens is 3. The maximum Gasteiger partial charge on any atom is 0.274 e. The van der Waals surface area contributed by atoms with Crippen LogP contribution in [-0.2, 0) is 5.75 Å². The largest absolute Gasteiger partial charge is 0.303 e. The van der Waals surface area contributed by atoms with E-state index in [0.29, 0.717) is 15.9 Å². The van der Waals surface area contributed by atoms with Crippen molar-refractivity contribution in [1.29, 1.82) is 0 Å². The van der Waals surface area contributed by atoms with Gasteiger partial charge in [-0.05, 0) is 25.5 Å². The molecule has 3 rings (SSSR count). The number of alkyl halides is 2. The molecule has 0 N–H and O–H groups in total. The van der Waals surface area contributed by atoms with Crippen LogP contribution >= 0.6 is 34.7 Å². The Kier molecular flexibility index (Phi) is 7.04. The van der Waals surface area contributed by atoms with Crippen molar-refractivity contribution in [3.8, 4) is 10.8 Å². The van der Waals surface area contributed by atoms with Crippen molar-refractivity contribution in [1.82, 2.24) is 14.5 Å². The number of rotatable bonds is 7. The zero-order valence-electron chi connectivity index (χ0n) is 15.3. The molecule has 0 spiro atoms. The van der Waals surface area contributed by atoms with Crippen LogP contribution in [0.4, 0.5) is 8.78 Å². The average molecular weight is 438 g/mol. The molecule has 8 heteroatoms. The third kappa shape index (κ3) is 5.53. The van der Waals surface area contributed by atoms with Crippen LogP contribution in [-0.4, -0.2) is 14.5 Å². The maximum atomic E-state index is 12.9. The summed E-state index contributed by atoms with van der Waals surface area (Å²) in [6.45, 7) is 3.67. The smallest absolute Gasteiger partial charge is 0.274 e. The van der Waals surface area contributed by atoms with Crippen LogP contribution in [0.15, 0.2) is 58.7 Å². The summed E-state index contributed by atoms with van der Waals surface area (Å²) in [7, 11) is 0. The Morgan fingerprint density at radius 2 is 2.07 bits per heavy atom. The van der Waals surface area contributed by atoms with E-state index in [9.17, 15) is 8.78 Å². The van der Waals surface area contributed by atoms with E-state index in [4.69, 9.17) is 11.6 Å². The van der Waals surface area contributed by atoms with Crippen LogP contribution in [0.5, 0.6) is 0 Å². The highest BCUT2D eigenvalue weighted by molar-refractivity contribution is 8.02. The molecule has 0 saturated heterocycles. The van der Waals surface area contributed by atoms with E-state index in [-0.39, 0.29) is 4.88 Å². The minimum absolute atomic E-state index is 0.0682. The second kappa shape index (κ2) is 9.49. The van der Waals surface area contributed by atoms with Crippen LogP contribution in [0.1, 0.15) is 29.5 Å². The number of imidazole rings is 1. The van der Waals surface area contributed by atoms with Crippen LogP contribution in [0.25, 0.3) is 17.0 Å². The maximum absolute atomic E-state index is 12.9. The third-order valence-corrected chi connectivity index (χ3v) is 5.78. The van der Waals surface area contributed by atoms with Crippen LogP contribution in [0, 0.1) is 6.92 Å². The molecule has 2 aromatic heterocycles. The predicted octanol–water partition coefficient (Wildman–Crippen LogP) is 7.13. The summed E-state index contributed by atoms with van der Waals surface area (Å²) >= 11 is 8.70. The molecule has 0 unspecified atom stereocenters. The quantitative estimate of drug-likeness (QED) is 0.368. The SMILES string of the molecule is C/C(Cl)=C\C(=C/n1cc(C)nc1-c1ncc(C(F)F)s1)SCc1ccccc1. The second-order valence-electron chi connectivity index (χ2n) is 6.02. The first-order chi connectivity index (χ1) is 13.4. The molecule has 0 aliphatic rings. The molecule has 0 amide bonds. The van der Waals surface area contributed by atoms with Crippen molar-refractivity contribution < 1.29 is 8.78 Å². The first-order valence-electron chi connectivity index (χ1n) is 8.44. The lowest BCUT2D eigenvalue weighted by molar-refractivity contribution is 0.155. The summed E-state index contributed by atoms with van der Waals surface area (Å²) < 4.78 is 27.7. The predicted molar refractivity (Wildman–Crippen MR) is 115 cm³/mol. The van der Waals surface area contributed by atoms with Gasteiger partial charge in [0.15, 0.2) is 10.8 Å². The van der Waals surface area contributed by atoms with E-state index in [2.05, 4.69) is 22.1 Å². The summed E-state index contributed by atoms with van der Waals surface area (Å²) in [5, 5.41) is 1.11. The zero-order chi connectivity index (χ0) is 20.1. The number of nitrogens with zero attached hydrogens (tertiary/aromatic N) is 3. The molecule has 1 aromatic carbocycles. The fourth-order valence-corrected chi connectivity index (χ4v) is 4.38. The number of aryl methyl sites for hydroxylation is 1. The van der Waals surface area contributed by atoms with Gasteiger partial charge in [0.1, 0.15) is 0 Å². The number of aromatic nitrogens is 3. The molecule has 0 aliphatic carbocycles. The third-order valence-electron chi connectivity index (χ3n) is 3.64. The highest BCUT2D eigenvalue weighted by Gasteiger charge is 2.16. The van der Waals surface area contributed by atoms with Crippen molar-refractivity contribution in [2.75, 3.05) is 0 Å². The Labute approximate surface area is 175 Å². The Bertz CT molecular complexity index is 990. The number of benzene rings is 1. The molecular weight excluding hydrogens is 420 g/mol. The molecule has 28 heavy (non-hydrogen) atoms. The summed E-state index contributed by atoms with van der Waals surface area (Å²) in [6, 6.07) is 10.1. The molecular formula is C20H18ClF2N3S2. The summed E-state index contributed by atoms with van der Waals surface area (Å²) in [6.07, 6.45) is 4.29. The van der Waals surface area contributed by atoms with Gasteiger partial charge in [-0.25, -0.2) is 18.7 Å². The standard InChI is InChI=1S/C20H18ClF2N3S2/c1-13(21)8-16(27-12-15-6-4-3-5-7-15)11-26-10-14(2)25-19(26)20-24-9-17(28-20)18(22)23/h3-11,18H,12H2,1-2H3/b13-8+,16-11+. The van der Waals surface area contributed by atoms with Crippen molar-refractivity contribution in [2.45, 2.75) is 26.0 Å². The van der Waals surface area contributed by atoms with E-state index in [0.717, 1.165) is 27.7 Å². The number of hydrogen-bond donors (Lipinski definition) is 0. The number of hydrogen-bond acceptors (Lipinski definition) is 4. The van der Waals surface area contributed by atoms with Crippen molar-refractivity contribution in [3.05, 3.63) is 74.9 Å². The van der Waals surface area contributed by atoms with Gasteiger partial charge in [0.05, 0.1) is 10.6 Å². The molecule has 2 heterocycles. The van der Waals surface area contributed by atoms with E-state index in [1.807, 2.05) is 55.1 Å². The van der Waals surface area contributed by atoms with Gasteiger partial charge in [-0.2, -0.15) is 0 Å². The van der Waals surface area contributed by atoms with Gasteiger partial charge in [-0.1, -0.05) is 41.9 Å². The van der Waals surface area contributed by atoms with Crippen molar-refractivity contribution >= 4 is 40.9 Å². The molecule has 0 saturated carbocycles. The highest BCUT2D eigenvalue weighted by Crippen LogP contribution is 2.32. The van der Waals surface area contributed by atoms with Crippen LogP contribution < -0.4 is 0 Å². The van der Waals surface area contributed by atoms with Gasteiger partial charge in [-0.15, -0.1) is 23.1 Å². The monoisotopic (exact) mass is 437 g/mol. The highest BCUT2D eigenvalue weighted by atomic mass is 35.5. The van der Waals surface area contributed by atoms with Crippen LogP contribution in [0.2, 0.25) is 0 Å². The number of thiazole rings is 1. The Morgan fingerprint density at radius 3 is 2.71 bits per heavy atom. The fraction of sp³-hybridized carbons (Fsp3) is 0.200. The number of allylic oxidation sites excluding steroid dienone is 2. The minimum Gasteiger partial charge on any atom is -0.303 e. The minimum atomic E-state index is -2.54. The van der Waals surface area contributed by atoms with Gasteiger partial charge in [-0.3, -0.25) is 0 Å². The molecule has 0 radical (unpaired) electrons. The van der Waals surface area contributed by atoms with Crippen molar-refractivity contribution in [3.63, 3.8) is 0 Å². The molecule has 0 aliphatic heterocycles. The molecule has 146 valence electrons. The molecule has 0 fully saturated rings.